The Kier molecular flexibility index (Phi) is 2.22. The van der Waals surface area contributed by atoms with Crippen molar-refractivity contribution in [2.75, 3.05) is 0 Å². The van der Waals surface area contributed by atoms with Crippen LogP contribution < -0.4 is 0 Å². The Bertz CT molecular complexity index is 255. The summed E-state index contributed by atoms with van der Waals surface area (Å²) < 4.78 is 0.839. The van der Waals surface area contributed by atoms with E-state index in [-0.39, 0.29) is 0 Å². The van der Waals surface area contributed by atoms with Crippen molar-refractivity contribution in [3.05, 3.63) is 36.2 Å². The summed E-state index contributed by atoms with van der Waals surface area (Å²) in [5, 5.41) is 0. The van der Waals surface area contributed by atoms with Crippen molar-refractivity contribution in [2.24, 2.45) is 0 Å². The van der Waals surface area contributed by atoms with Gasteiger partial charge in [-0.05, 0) is 34.5 Å². The Hall–Kier alpha value is -0.630. The number of halogens is 1. The number of hydrogen-bond donors (Lipinski definition) is 0. The van der Waals surface area contributed by atoms with E-state index in [0.717, 1.165) is 15.7 Å². The van der Waals surface area contributed by atoms with E-state index in [1.807, 2.05) is 19.1 Å². The molecule has 0 amide bonds. The highest BCUT2D eigenvalue weighted by molar-refractivity contribution is 9.15. The van der Waals surface area contributed by atoms with Gasteiger partial charge in [0.15, 0.2) is 0 Å². The van der Waals surface area contributed by atoms with Crippen LogP contribution in [0.1, 0.15) is 11.3 Å². The molecule has 0 aliphatic heterocycles. The Morgan fingerprint density at radius 2 is 2.40 bits per heavy atom. The molecule has 0 unspecified atom stereocenters. The zero-order valence-corrected chi connectivity index (χ0v) is 7.35. The first-order valence-corrected chi connectivity index (χ1v) is 3.77. The molecule has 1 aromatic heterocycles. The predicted molar refractivity (Wildman–Crippen MR) is 46.9 cm³/mol. The molecule has 0 spiro atoms. The van der Waals surface area contributed by atoms with Gasteiger partial charge in [-0.25, -0.2) is 0 Å². The largest absolute Gasteiger partial charge is 0.255 e. The maximum atomic E-state index is 4.13. The third kappa shape index (κ3) is 1.45. The first kappa shape index (κ1) is 7.48. The summed E-state index contributed by atoms with van der Waals surface area (Å²) in [5.74, 6) is 0. The topological polar surface area (TPSA) is 12.9 Å². The van der Waals surface area contributed by atoms with Crippen molar-refractivity contribution >= 4 is 20.4 Å². The number of aromatic nitrogens is 1. The second-order valence-electron chi connectivity index (χ2n) is 2.07. The zero-order chi connectivity index (χ0) is 7.56. The molecule has 10 heavy (non-hydrogen) atoms. The van der Waals surface area contributed by atoms with E-state index < -0.39 is 0 Å². The molecule has 0 atom stereocenters. The molecule has 1 nitrogen and oxygen atoms in total. The summed E-state index contributed by atoms with van der Waals surface area (Å²) in [6.45, 7) is 5.75. The van der Waals surface area contributed by atoms with Gasteiger partial charge in [-0.1, -0.05) is 12.6 Å². The number of rotatable bonds is 1. The average Bonchev–Trinajstić information content (AvgIpc) is 1.88. The van der Waals surface area contributed by atoms with Gasteiger partial charge in [-0.3, -0.25) is 4.98 Å². The van der Waals surface area contributed by atoms with Gasteiger partial charge in [-0.2, -0.15) is 0 Å². The molecule has 1 rings (SSSR count). The maximum absolute atomic E-state index is 4.13. The summed E-state index contributed by atoms with van der Waals surface area (Å²) in [4.78, 5) is 4.13. The van der Waals surface area contributed by atoms with Gasteiger partial charge in [0.2, 0.25) is 0 Å². The molecule has 0 aliphatic carbocycles. The molecule has 1 aromatic rings. The lowest BCUT2D eigenvalue weighted by Gasteiger charge is -1.99. The minimum Gasteiger partial charge on any atom is -0.255 e. The fraction of sp³-hybridized carbons (Fsp3) is 0.125. The summed E-state index contributed by atoms with van der Waals surface area (Å²) in [5.41, 5.74) is 2.08. The second kappa shape index (κ2) is 2.97. The summed E-state index contributed by atoms with van der Waals surface area (Å²) >= 11 is 3.28. The number of aryl methyl sites for hydroxylation is 1. The van der Waals surface area contributed by atoms with Crippen LogP contribution in [0.3, 0.4) is 0 Å². The quantitative estimate of drug-likeness (QED) is 0.676. The van der Waals surface area contributed by atoms with Crippen LogP contribution in [0.25, 0.3) is 4.48 Å². The Morgan fingerprint density at radius 1 is 1.70 bits per heavy atom. The molecule has 0 N–H and O–H groups in total. The van der Waals surface area contributed by atoms with E-state index in [4.69, 9.17) is 0 Å². The van der Waals surface area contributed by atoms with Crippen molar-refractivity contribution in [3.8, 4) is 0 Å². The predicted octanol–water partition coefficient (Wildman–Crippen LogP) is 2.76. The Labute approximate surface area is 68.9 Å². The minimum absolute atomic E-state index is 0.839. The third-order valence-corrected chi connectivity index (χ3v) is 1.64. The molecule has 0 saturated carbocycles. The van der Waals surface area contributed by atoms with Crippen molar-refractivity contribution in [2.45, 2.75) is 6.92 Å². The Morgan fingerprint density at radius 3 is 2.80 bits per heavy atom. The number of nitrogens with zero attached hydrogens (tertiary/aromatic N) is 1. The molecule has 2 heteroatoms. The van der Waals surface area contributed by atoms with Crippen LogP contribution >= 0.6 is 15.9 Å². The first-order valence-electron chi connectivity index (χ1n) is 2.98. The van der Waals surface area contributed by atoms with E-state index in [1.54, 1.807) is 6.20 Å². The molecule has 0 aliphatic rings. The average molecular weight is 198 g/mol. The lowest BCUT2D eigenvalue weighted by Crippen LogP contribution is -1.85. The van der Waals surface area contributed by atoms with E-state index in [1.165, 1.54) is 0 Å². The van der Waals surface area contributed by atoms with Crippen LogP contribution in [-0.4, -0.2) is 4.98 Å². The van der Waals surface area contributed by atoms with Crippen molar-refractivity contribution < 1.29 is 0 Å². The Balaban J connectivity index is 3.15. The van der Waals surface area contributed by atoms with Gasteiger partial charge in [-0.15, -0.1) is 0 Å². The van der Waals surface area contributed by atoms with Gasteiger partial charge in [0.1, 0.15) is 0 Å². The van der Waals surface area contributed by atoms with Crippen molar-refractivity contribution in [1.29, 1.82) is 0 Å². The fourth-order valence-corrected chi connectivity index (χ4v) is 1.18. The molecule has 1 heterocycles. The van der Waals surface area contributed by atoms with E-state index >= 15 is 0 Å². The lowest BCUT2D eigenvalue weighted by molar-refractivity contribution is 1.23. The van der Waals surface area contributed by atoms with Crippen LogP contribution in [0.2, 0.25) is 0 Å². The molecular weight excluding hydrogens is 190 g/mol. The SMILES string of the molecule is C=C(Br)c1ncccc1C. The summed E-state index contributed by atoms with van der Waals surface area (Å²) in [6.07, 6.45) is 1.76. The van der Waals surface area contributed by atoms with E-state index in [9.17, 15) is 0 Å². The van der Waals surface area contributed by atoms with Crippen molar-refractivity contribution in [3.63, 3.8) is 0 Å². The standard InChI is InChI=1S/C8H8BrN/c1-6-4-3-5-10-8(6)7(2)9/h3-5H,2H2,1H3. The van der Waals surface area contributed by atoms with Crippen LogP contribution in [0.15, 0.2) is 24.9 Å². The van der Waals surface area contributed by atoms with Gasteiger partial charge in [0, 0.05) is 10.7 Å². The molecule has 0 bridgehead atoms. The molecule has 0 radical (unpaired) electrons. The van der Waals surface area contributed by atoms with Crippen LogP contribution in [0.5, 0.6) is 0 Å². The van der Waals surface area contributed by atoms with Crippen molar-refractivity contribution in [1.82, 2.24) is 4.98 Å². The number of pyridine rings is 1. The van der Waals surface area contributed by atoms with E-state index in [0.29, 0.717) is 0 Å². The van der Waals surface area contributed by atoms with Crippen LogP contribution in [-0.2, 0) is 0 Å². The van der Waals surface area contributed by atoms with E-state index in [2.05, 4.69) is 27.5 Å². The smallest absolute Gasteiger partial charge is 0.0794 e. The monoisotopic (exact) mass is 197 g/mol. The van der Waals surface area contributed by atoms with Gasteiger partial charge >= 0.3 is 0 Å². The summed E-state index contributed by atoms with van der Waals surface area (Å²) in [7, 11) is 0. The molecule has 52 valence electrons. The maximum Gasteiger partial charge on any atom is 0.0794 e. The number of hydrogen-bond acceptors (Lipinski definition) is 1. The highest BCUT2D eigenvalue weighted by Gasteiger charge is 1.97. The highest BCUT2D eigenvalue weighted by atomic mass is 79.9. The van der Waals surface area contributed by atoms with Gasteiger partial charge in [0.05, 0.1) is 5.69 Å². The third-order valence-electron chi connectivity index (χ3n) is 1.27. The fourth-order valence-electron chi connectivity index (χ4n) is 0.770. The van der Waals surface area contributed by atoms with Crippen LogP contribution in [0, 0.1) is 6.92 Å². The molecule has 0 fully saturated rings. The first-order chi connectivity index (χ1) is 4.72. The van der Waals surface area contributed by atoms with Gasteiger partial charge < -0.3 is 0 Å². The molecule has 0 saturated heterocycles. The normalized spacial score (nSPS) is 9.40. The molecule has 0 aromatic carbocycles. The zero-order valence-electron chi connectivity index (χ0n) is 5.76. The summed E-state index contributed by atoms with van der Waals surface area (Å²) in [6, 6.07) is 3.92. The lowest BCUT2D eigenvalue weighted by atomic mass is 10.2. The highest BCUT2D eigenvalue weighted by Crippen LogP contribution is 2.18. The van der Waals surface area contributed by atoms with Crippen LogP contribution in [0.4, 0.5) is 0 Å². The minimum atomic E-state index is 0.839. The second-order valence-corrected chi connectivity index (χ2v) is 3.03. The molecular formula is C8H8BrN. The van der Waals surface area contributed by atoms with Gasteiger partial charge in [0.25, 0.3) is 0 Å².